The fourth-order valence-corrected chi connectivity index (χ4v) is 4.24. The van der Waals surface area contributed by atoms with Crippen molar-refractivity contribution in [2.75, 3.05) is 74.1 Å². The standard InChI is InChI=1S/C23H29N5O4/c1-2-25-9-11-26(12-10-25)20-6-4-3-5-19(20)24-23(29)18-7-8-21(22(17-18)28(30)31)27-13-15-32-16-14-27/h3-8,17H,2,9-16H2,1H3,(H,24,29). The molecule has 2 heterocycles. The molecule has 2 aromatic carbocycles. The molecule has 0 spiro atoms. The van der Waals surface area contributed by atoms with Crippen LogP contribution < -0.4 is 15.1 Å². The number of nitrogens with zero attached hydrogens (tertiary/aromatic N) is 4. The summed E-state index contributed by atoms with van der Waals surface area (Å²) in [5.74, 6) is -0.360. The van der Waals surface area contributed by atoms with Gasteiger partial charge in [-0.2, -0.15) is 0 Å². The quantitative estimate of drug-likeness (QED) is 0.547. The van der Waals surface area contributed by atoms with Crippen LogP contribution >= 0.6 is 0 Å². The number of nitro groups is 1. The van der Waals surface area contributed by atoms with E-state index in [1.54, 1.807) is 12.1 Å². The van der Waals surface area contributed by atoms with E-state index >= 15 is 0 Å². The van der Waals surface area contributed by atoms with Crippen LogP contribution in [0.25, 0.3) is 0 Å². The molecule has 170 valence electrons. The van der Waals surface area contributed by atoms with Gasteiger partial charge in [-0.05, 0) is 30.8 Å². The summed E-state index contributed by atoms with van der Waals surface area (Å²) in [4.78, 5) is 30.9. The first kappa shape index (κ1) is 22.0. The number of nitrogens with one attached hydrogen (secondary N) is 1. The van der Waals surface area contributed by atoms with Gasteiger partial charge < -0.3 is 24.8 Å². The Kier molecular flexibility index (Phi) is 6.87. The molecule has 0 saturated carbocycles. The van der Waals surface area contributed by atoms with E-state index in [0.717, 1.165) is 38.4 Å². The van der Waals surface area contributed by atoms with E-state index in [2.05, 4.69) is 22.0 Å². The van der Waals surface area contributed by atoms with Crippen LogP contribution in [0.5, 0.6) is 0 Å². The number of piperazine rings is 1. The Morgan fingerprint density at radius 1 is 1.00 bits per heavy atom. The molecule has 0 radical (unpaired) electrons. The molecular formula is C23H29N5O4. The summed E-state index contributed by atoms with van der Waals surface area (Å²) in [6, 6.07) is 12.4. The predicted molar refractivity (Wildman–Crippen MR) is 125 cm³/mol. The van der Waals surface area contributed by atoms with Crippen LogP contribution in [0.15, 0.2) is 42.5 Å². The molecule has 1 N–H and O–H groups in total. The number of para-hydroxylation sites is 2. The third-order valence-corrected chi connectivity index (χ3v) is 6.10. The van der Waals surface area contributed by atoms with E-state index in [0.29, 0.717) is 37.7 Å². The molecule has 2 aromatic rings. The molecule has 9 heteroatoms. The summed E-state index contributed by atoms with van der Waals surface area (Å²) in [7, 11) is 0. The number of hydrogen-bond acceptors (Lipinski definition) is 7. The van der Waals surface area contributed by atoms with Crippen molar-refractivity contribution >= 4 is 28.7 Å². The summed E-state index contributed by atoms with van der Waals surface area (Å²) in [6.07, 6.45) is 0. The molecule has 2 fully saturated rings. The van der Waals surface area contributed by atoms with Crippen molar-refractivity contribution in [3.8, 4) is 0 Å². The molecule has 32 heavy (non-hydrogen) atoms. The maximum atomic E-state index is 13.0. The molecular weight excluding hydrogens is 410 g/mol. The number of rotatable bonds is 6. The topological polar surface area (TPSA) is 91.2 Å². The summed E-state index contributed by atoms with van der Waals surface area (Å²) in [5, 5.41) is 14.7. The largest absolute Gasteiger partial charge is 0.378 e. The molecule has 0 aromatic heterocycles. The number of anilines is 3. The van der Waals surface area contributed by atoms with Crippen LogP contribution in [0.1, 0.15) is 17.3 Å². The van der Waals surface area contributed by atoms with Gasteiger partial charge >= 0.3 is 0 Å². The molecule has 9 nitrogen and oxygen atoms in total. The Labute approximate surface area is 187 Å². The van der Waals surface area contributed by atoms with Gasteiger partial charge in [-0.25, -0.2) is 0 Å². The number of nitro benzene ring substituents is 1. The van der Waals surface area contributed by atoms with Crippen LogP contribution in [0.2, 0.25) is 0 Å². The van der Waals surface area contributed by atoms with Crippen LogP contribution in [0.3, 0.4) is 0 Å². The zero-order valence-corrected chi connectivity index (χ0v) is 18.3. The van der Waals surface area contributed by atoms with E-state index in [1.165, 1.54) is 6.07 Å². The normalized spacial score (nSPS) is 17.3. The number of amides is 1. The molecule has 2 saturated heterocycles. The Bertz CT molecular complexity index is 969. The monoisotopic (exact) mass is 439 g/mol. The van der Waals surface area contributed by atoms with Gasteiger partial charge in [-0.3, -0.25) is 14.9 Å². The van der Waals surface area contributed by atoms with Gasteiger partial charge in [0.05, 0.1) is 29.5 Å². The Morgan fingerprint density at radius 2 is 1.69 bits per heavy atom. The second-order valence-electron chi connectivity index (χ2n) is 7.95. The summed E-state index contributed by atoms with van der Waals surface area (Å²) in [6.45, 7) is 9.17. The average Bonchev–Trinajstić information content (AvgIpc) is 2.84. The maximum Gasteiger partial charge on any atom is 0.293 e. The van der Waals surface area contributed by atoms with Crippen molar-refractivity contribution in [3.05, 3.63) is 58.1 Å². The van der Waals surface area contributed by atoms with Crippen molar-refractivity contribution in [1.82, 2.24) is 4.90 Å². The third kappa shape index (κ3) is 4.84. The van der Waals surface area contributed by atoms with E-state index in [-0.39, 0.29) is 17.2 Å². The average molecular weight is 440 g/mol. The van der Waals surface area contributed by atoms with Crippen molar-refractivity contribution in [3.63, 3.8) is 0 Å². The number of hydrogen-bond donors (Lipinski definition) is 1. The van der Waals surface area contributed by atoms with E-state index in [1.807, 2.05) is 29.2 Å². The lowest BCUT2D eigenvalue weighted by molar-refractivity contribution is -0.384. The Hall–Kier alpha value is -3.17. The minimum Gasteiger partial charge on any atom is -0.378 e. The summed E-state index contributed by atoms with van der Waals surface area (Å²) < 4.78 is 5.34. The molecule has 0 bridgehead atoms. The highest BCUT2D eigenvalue weighted by Crippen LogP contribution is 2.31. The van der Waals surface area contributed by atoms with Gasteiger partial charge in [-0.15, -0.1) is 0 Å². The highest BCUT2D eigenvalue weighted by Gasteiger charge is 2.24. The third-order valence-electron chi connectivity index (χ3n) is 6.10. The van der Waals surface area contributed by atoms with Gasteiger partial charge in [0.25, 0.3) is 11.6 Å². The smallest absolute Gasteiger partial charge is 0.293 e. The van der Waals surface area contributed by atoms with Crippen molar-refractivity contribution in [2.24, 2.45) is 0 Å². The molecule has 1 amide bonds. The van der Waals surface area contributed by atoms with Crippen molar-refractivity contribution in [2.45, 2.75) is 6.92 Å². The maximum absolute atomic E-state index is 13.0. The van der Waals surface area contributed by atoms with Gasteiger partial charge in [0.15, 0.2) is 0 Å². The zero-order chi connectivity index (χ0) is 22.5. The zero-order valence-electron chi connectivity index (χ0n) is 18.3. The second kappa shape index (κ2) is 9.97. The highest BCUT2D eigenvalue weighted by atomic mass is 16.6. The van der Waals surface area contributed by atoms with E-state index in [9.17, 15) is 14.9 Å². The van der Waals surface area contributed by atoms with Crippen LogP contribution in [0, 0.1) is 10.1 Å². The molecule has 4 rings (SSSR count). The first-order valence-electron chi connectivity index (χ1n) is 11.1. The minimum absolute atomic E-state index is 0.0662. The summed E-state index contributed by atoms with van der Waals surface area (Å²) >= 11 is 0. The number of carbonyl (C=O) groups excluding carboxylic acids is 1. The van der Waals surface area contributed by atoms with E-state index < -0.39 is 4.92 Å². The fourth-order valence-electron chi connectivity index (χ4n) is 4.24. The SMILES string of the molecule is CCN1CCN(c2ccccc2NC(=O)c2ccc(N3CCOCC3)c([N+](=O)[O-])c2)CC1. The molecule has 2 aliphatic rings. The lowest BCUT2D eigenvalue weighted by Crippen LogP contribution is -2.46. The number of ether oxygens (including phenoxy) is 1. The molecule has 0 unspecified atom stereocenters. The molecule has 0 atom stereocenters. The van der Waals surface area contributed by atoms with Gasteiger partial charge in [0, 0.05) is 50.9 Å². The molecule has 2 aliphatic heterocycles. The van der Waals surface area contributed by atoms with Gasteiger partial charge in [0.2, 0.25) is 0 Å². The van der Waals surface area contributed by atoms with Gasteiger partial charge in [-0.1, -0.05) is 19.1 Å². The summed E-state index contributed by atoms with van der Waals surface area (Å²) in [5.41, 5.74) is 2.39. The second-order valence-corrected chi connectivity index (χ2v) is 7.95. The van der Waals surface area contributed by atoms with Crippen LogP contribution in [-0.4, -0.2) is 74.8 Å². The number of morpholine rings is 1. The number of likely N-dealkylation sites (N-methyl/N-ethyl adjacent to an activating group) is 1. The molecule has 0 aliphatic carbocycles. The minimum atomic E-state index is -0.428. The number of carbonyl (C=O) groups is 1. The first-order valence-corrected chi connectivity index (χ1v) is 11.1. The highest BCUT2D eigenvalue weighted by molar-refractivity contribution is 6.06. The predicted octanol–water partition coefficient (Wildman–Crippen LogP) is 2.83. The first-order chi connectivity index (χ1) is 15.6. The van der Waals surface area contributed by atoms with Crippen molar-refractivity contribution in [1.29, 1.82) is 0 Å². The fraction of sp³-hybridized carbons (Fsp3) is 0.435. The van der Waals surface area contributed by atoms with Crippen LogP contribution in [-0.2, 0) is 4.74 Å². The van der Waals surface area contributed by atoms with Crippen LogP contribution in [0.4, 0.5) is 22.7 Å². The van der Waals surface area contributed by atoms with E-state index in [4.69, 9.17) is 4.74 Å². The number of benzene rings is 2. The lowest BCUT2D eigenvalue weighted by Gasteiger charge is -2.36. The van der Waals surface area contributed by atoms with Crippen molar-refractivity contribution < 1.29 is 14.5 Å². The van der Waals surface area contributed by atoms with Gasteiger partial charge in [0.1, 0.15) is 5.69 Å². The lowest BCUT2D eigenvalue weighted by atomic mass is 10.1. The Morgan fingerprint density at radius 3 is 2.38 bits per heavy atom. The Balaban J connectivity index is 1.53.